The van der Waals surface area contributed by atoms with Crippen molar-refractivity contribution in [3.63, 3.8) is 0 Å². The number of benzene rings is 1. The Morgan fingerprint density at radius 1 is 1.47 bits per heavy atom. The van der Waals surface area contributed by atoms with E-state index in [0.717, 1.165) is 18.2 Å². The van der Waals surface area contributed by atoms with Gasteiger partial charge < -0.3 is 10.5 Å². The number of nitrogens with zero attached hydrogens (tertiary/aromatic N) is 1. The highest BCUT2D eigenvalue weighted by atomic mass is 35.5. The summed E-state index contributed by atoms with van der Waals surface area (Å²) >= 11 is 6.11. The number of nitrogens with two attached hydrogens (primary N) is 1. The molecule has 2 atom stereocenters. The van der Waals surface area contributed by atoms with E-state index in [1.54, 1.807) is 7.11 Å². The van der Waals surface area contributed by atoms with Gasteiger partial charge in [-0.25, -0.2) is 0 Å². The van der Waals surface area contributed by atoms with Crippen molar-refractivity contribution in [2.45, 2.75) is 37.9 Å². The number of ether oxygens (including phenoxy) is 1. The summed E-state index contributed by atoms with van der Waals surface area (Å²) in [6.07, 6.45) is 2.51. The van der Waals surface area contributed by atoms with Gasteiger partial charge in [0.05, 0.1) is 12.6 Å². The minimum atomic E-state index is 0.0657. The van der Waals surface area contributed by atoms with Crippen LogP contribution >= 0.6 is 11.6 Å². The van der Waals surface area contributed by atoms with Crippen LogP contribution < -0.4 is 5.73 Å². The Kier molecular flexibility index (Phi) is 5.22. The van der Waals surface area contributed by atoms with Gasteiger partial charge in [-0.3, -0.25) is 4.90 Å². The molecule has 0 radical (unpaired) electrons. The fraction of sp³-hybridized carbons (Fsp3) is 0.600. The molecule has 0 aromatic heterocycles. The highest BCUT2D eigenvalue weighted by molar-refractivity contribution is 6.30. The van der Waals surface area contributed by atoms with Crippen LogP contribution in [0.2, 0.25) is 5.02 Å². The molecule has 1 aliphatic carbocycles. The zero-order valence-corrected chi connectivity index (χ0v) is 12.4. The zero-order valence-electron chi connectivity index (χ0n) is 11.7. The van der Waals surface area contributed by atoms with Crippen LogP contribution in [0.3, 0.4) is 0 Å². The van der Waals surface area contributed by atoms with E-state index in [1.165, 1.54) is 18.4 Å². The molecule has 19 heavy (non-hydrogen) atoms. The molecule has 3 nitrogen and oxygen atoms in total. The lowest BCUT2D eigenvalue weighted by atomic mass is 9.99. The monoisotopic (exact) mass is 282 g/mol. The van der Waals surface area contributed by atoms with E-state index in [2.05, 4.69) is 17.9 Å². The molecule has 2 N–H and O–H groups in total. The Morgan fingerprint density at radius 3 is 2.74 bits per heavy atom. The number of rotatable bonds is 7. The molecular formula is C15H23ClN2O. The molecule has 2 rings (SSSR count). The lowest BCUT2D eigenvalue weighted by Crippen LogP contribution is -2.42. The van der Waals surface area contributed by atoms with E-state index in [1.807, 2.05) is 18.2 Å². The molecule has 0 heterocycles. The summed E-state index contributed by atoms with van der Waals surface area (Å²) in [5, 5.41) is 0.769. The highest BCUT2D eigenvalue weighted by Gasteiger charge is 2.35. The van der Waals surface area contributed by atoms with Crippen molar-refractivity contribution < 1.29 is 4.74 Å². The van der Waals surface area contributed by atoms with E-state index >= 15 is 0 Å². The molecule has 106 valence electrons. The summed E-state index contributed by atoms with van der Waals surface area (Å²) in [5.74, 6) is 0. The molecule has 0 spiro atoms. The van der Waals surface area contributed by atoms with Crippen molar-refractivity contribution in [2.75, 3.05) is 20.3 Å². The van der Waals surface area contributed by atoms with Crippen molar-refractivity contribution in [3.05, 3.63) is 34.9 Å². The van der Waals surface area contributed by atoms with E-state index in [4.69, 9.17) is 22.1 Å². The van der Waals surface area contributed by atoms with Gasteiger partial charge in [0.2, 0.25) is 0 Å². The lowest BCUT2D eigenvalue weighted by molar-refractivity contribution is 0.104. The molecule has 4 heteroatoms. The van der Waals surface area contributed by atoms with Crippen molar-refractivity contribution in [3.8, 4) is 0 Å². The van der Waals surface area contributed by atoms with Gasteiger partial charge >= 0.3 is 0 Å². The van der Waals surface area contributed by atoms with Crippen LogP contribution in [0.1, 0.15) is 31.4 Å². The molecule has 2 unspecified atom stereocenters. The average Bonchev–Trinajstić information content (AvgIpc) is 3.18. The molecule has 1 saturated carbocycles. The number of hydrogen-bond acceptors (Lipinski definition) is 3. The SMILES string of the molecule is COCCN(C1CC1)C(c1cccc(Cl)c1)C(C)N. The topological polar surface area (TPSA) is 38.5 Å². The first-order valence-electron chi connectivity index (χ1n) is 6.89. The first kappa shape index (κ1) is 14.8. The Bertz CT molecular complexity index is 407. The maximum atomic E-state index is 6.23. The maximum absolute atomic E-state index is 6.23. The molecule has 0 aliphatic heterocycles. The van der Waals surface area contributed by atoms with Crippen LogP contribution in [0.5, 0.6) is 0 Å². The van der Waals surface area contributed by atoms with Gasteiger partial charge in [0.1, 0.15) is 0 Å². The second-order valence-corrected chi connectivity index (χ2v) is 5.76. The molecule has 0 saturated heterocycles. The van der Waals surface area contributed by atoms with Crippen LogP contribution in [0.15, 0.2) is 24.3 Å². The minimum absolute atomic E-state index is 0.0657. The summed E-state index contributed by atoms with van der Waals surface area (Å²) in [5.41, 5.74) is 7.43. The predicted octanol–water partition coefficient (Wildman–Crippen LogP) is 2.84. The first-order valence-corrected chi connectivity index (χ1v) is 7.27. The summed E-state index contributed by atoms with van der Waals surface area (Å²) in [7, 11) is 1.74. The fourth-order valence-electron chi connectivity index (χ4n) is 2.64. The van der Waals surface area contributed by atoms with Gasteiger partial charge in [0.25, 0.3) is 0 Å². The molecule has 1 fully saturated rings. The molecular weight excluding hydrogens is 260 g/mol. The predicted molar refractivity (Wildman–Crippen MR) is 79.4 cm³/mol. The van der Waals surface area contributed by atoms with Gasteiger partial charge in [-0.2, -0.15) is 0 Å². The Balaban J connectivity index is 2.21. The Morgan fingerprint density at radius 2 is 2.21 bits per heavy atom. The van der Waals surface area contributed by atoms with Crippen LogP contribution in [-0.2, 0) is 4.74 Å². The molecule has 1 aliphatic rings. The largest absolute Gasteiger partial charge is 0.383 e. The van der Waals surface area contributed by atoms with Crippen LogP contribution in [0, 0.1) is 0 Å². The van der Waals surface area contributed by atoms with Gasteiger partial charge in [-0.15, -0.1) is 0 Å². The van der Waals surface area contributed by atoms with Gasteiger partial charge in [-0.05, 0) is 37.5 Å². The van der Waals surface area contributed by atoms with Crippen molar-refractivity contribution >= 4 is 11.6 Å². The molecule has 1 aromatic rings. The second-order valence-electron chi connectivity index (χ2n) is 5.32. The Hall–Kier alpha value is -0.610. The number of methoxy groups -OCH3 is 1. The first-order chi connectivity index (χ1) is 9.13. The second kappa shape index (κ2) is 6.71. The lowest BCUT2D eigenvalue weighted by Gasteiger charge is -2.34. The van der Waals surface area contributed by atoms with E-state index < -0.39 is 0 Å². The van der Waals surface area contributed by atoms with Crippen LogP contribution in [0.25, 0.3) is 0 Å². The molecule has 1 aromatic carbocycles. The normalized spacial score (nSPS) is 18.6. The van der Waals surface area contributed by atoms with Gasteiger partial charge in [-0.1, -0.05) is 23.7 Å². The van der Waals surface area contributed by atoms with E-state index in [-0.39, 0.29) is 12.1 Å². The third-order valence-electron chi connectivity index (χ3n) is 3.62. The Labute approximate surface area is 120 Å². The smallest absolute Gasteiger partial charge is 0.0590 e. The summed E-state index contributed by atoms with van der Waals surface area (Å²) in [6, 6.07) is 8.95. The van der Waals surface area contributed by atoms with Gasteiger partial charge in [0, 0.05) is 30.8 Å². The van der Waals surface area contributed by atoms with Crippen LogP contribution in [0.4, 0.5) is 0 Å². The zero-order chi connectivity index (χ0) is 13.8. The van der Waals surface area contributed by atoms with Crippen molar-refractivity contribution in [2.24, 2.45) is 5.73 Å². The summed E-state index contributed by atoms with van der Waals surface area (Å²) < 4.78 is 5.23. The molecule has 0 amide bonds. The van der Waals surface area contributed by atoms with Gasteiger partial charge in [0.15, 0.2) is 0 Å². The average molecular weight is 283 g/mol. The third-order valence-corrected chi connectivity index (χ3v) is 3.85. The van der Waals surface area contributed by atoms with Crippen molar-refractivity contribution in [1.29, 1.82) is 0 Å². The fourth-order valence-corrected chi connectivity index (χ4v) is 2.84. The highest BCUT2D eigenvalue weighted by Crippen LogP contribution is 2.36. The standard InChI is InChI=1S/C15H23ClN2O/c1-11(17)15(12-4-3-5-13(16)10-12)18(8-9-19-2)14-6-7-14/h3-5,10-11,14-15H,6-9,17H2,1-2H3. The maximum Gasteiger partial charge on any atom is 0.0590 e. The number of hydrogen-bond donors (Lipinski definition) is 1. The van der Waals surface area contributed by atoms with Crippen molar-refractivity contribution in [1.82, 2.24) is 4.90 Å². The van der Waals surface area contributed by atoms with E-state index in [0.29, 0.717) is 6.04 Å². The summed E-state index contributed by atoms with van der Waals surface area (Å²) in [6.45, 7) is 3.72. The number of halogens is 1. The minimum Gasteiger partial charge on any atom is -0.383 e. The quantitative estimate of drug-likeness (QED) is 0.836. The summed E-state index contributed by atoms with van der Waals surface area (Å²) in [4.78, 5) is 2.47. The van der Waals surface area contributed by atoms with Crippen LogP contribution in [-0.4, -0.2) is 37.2 Å². The van der Waals surface area contributed by atoms with E-state index in [9.17, 15) is 0 Å². The third kappa shape index (κ3) is 3.93. The molecule has 0 bridgehead atoms.